The molecule has 0 saturated carbocycles. The molecule has 0 aliphatic carbocycles. The SMILES string of the molecule is COc1ccc(-c2ccc(=O)n3c2[C@@H]2C[C@@H](CN(Cc4cccc(C#N)c4)C2)C3)cc1. The molecule has 0 radical (unpaired) electrons. The van der Waals surface area contributed by atoms with Crippen molar-refractivity contribution in [1.29, 1.82) is 5.26 Å². The molecule has 31 heavy (non-hydrogen) atoms. The Morgan fingerprint density at radius 1 is 1.06 bits per heavy atom. The Balaban J connectivity index is 1.48. The number of pyridine rings is 1. The van der Waals surface area contributed by atoms with Gasteiger partial charge in [0.2, 0.25) is 0 Å². The first kappa shape index (κ1) is 19.6. The fraction of sp³-hybridized carbons (Fsp3) is 0.308. The highest BCUT2D eigenvalue weighted by Crippen LogP contribution is 2.40. The average Bonchev–Trinajstić information content (AvgIpc) is 2.80. The van der Waals surface area contributed by atoms with Crippen molar-refractivity contribution in [3.63, 3.8) is 0 Å². The maximum absolute atomic E-state index is 12.7. The first-order chi connectivity index (χ1) is 15.1. The van der Waals surface area contributed by atoms with E-state index in [2.05, 4.69) is 29.2 Å². The van der Waals surface area contributed by atoms with Crippen LogP contribution in [-0.2, 0) is 13.1 Å². The molecule has 0 N–H and O–H groups in total. The first-order valence-electron chi connectivity index (χ1n) is 10.7. The Morgan fingerprint density at radius 2 is 1.90 bits per heavy atom. The molecule has 3 heterocycles. The van der Waals surface area contributed by atoms with E-state index < -0.39 is 0 Å². The summed E-state index contributed by atoms with van der Waals surface area (Å²) in [6.45, 7) is 3.49. The van der Waals surface area contributed by atoms with Crippen molar-refractivity contribution in [2.45, 2.75) is 25.4 Å². The second-order valence-corrected chi connectivity index (χ2v) is 8.61. The number of hydrogen-bond acceptors (Lipinski definition) is 4. The summed E-state index contributed by atoms with van der Waals surface area (Å²) in [7, 11) is 1.67. The van der Waals surface area contributed by atoms with Gasteiger partial charge in [-0.15, -0.1) is 0 Å². The van der Waals surface area contributed by atoms with E-state index in [4.69, 9.17) is 4.74 Å². The summed E-state index contributed by atoms with van der Waals surface area (Å²) >= 11 is 0. The topological polar surface area (TPSA) is 58.3 Å². The molecule has 2 atom stereocenters. The highest BCUT2D eigenvalue weighted by molar-refractivity contribution is 5.67. The van der Waals surface area contributed by atoms with Crippen LogP contribution in [0.2, 0.25) is 0 Å². The summed E-state index contributed by atoms with van der Waals surface area (Å²) in [4.78, 5) is 15.2. The molecule has 2 aliphatic rings. The van der Waals surface area contributed by atoms with Crippen LogP contribution in [0, 0.1) is 17.2 Å². The van der Waals surface area contributed by atoms with Crippen LogP contribution < -0.4 is 10.3 Å². The van der Waals surface area contributed by atoms with Crippen molar-refractivity contribution in [2.24, 2.45) is 5.92 Å². The summed E-state index contributed by atoms with van der Waals surface area (Å²) in [5, 5.41) is 9.20. The Bertz CT molecular complexity index is 1210. The van der Waals surface area contributed by atoms with Crippen LogP contribution in [0.1, 0.15) is 29.2 Å². The van der Waals surface area contributed by atoms with Crippen LogP contribution in [0.25, 0.3) is 11.1 Å². The number of piperidine rings is 1. The van der Waals surface area contributed by atoms with E-state index in [1.165, 1.54) is 5.56 Å². The number of fused-ring (bicyclic) bond motifs is 4. The molecule has 0 spiro atoms. The number of methoxy groups -OCH3 is 1. The number of nitriles is 1. The minimum atomic E-state index is 0.0946. The fourth-order valence-corrected chi connectivity index (χ4v) is 5.26. The summed E-state index contributed by atoms with van der Waals surface area (Å²) in [5.41, 5.74) is 5.37. The Labute approximate surface area is 182 Å². The number of nitrogens with zero attached hydrogens (tertiary/aromatic N) is 3. The normalized spacial score (nSPS) is 20.0. The summed E-state index contributed by atoms with van der Waals surface area (Å²) < 4.78 is 7.31. The van der Waals surface area contributed by atoms with Gasteiger partial charge in [-0.1, -0.05) is 24.3 Å². The monoisotopic (exact) mass is 411 g/mol. The Kier molecular flexibility index (Phi) is 5.09. The number of hydrogen-bond donors (Lipinski definition) is 0. The summed E-state index contributed by atoms with van der Waals surface area (Å²) in [5.74, 6) is 1.61. The molecule has 2 aliphatic heterocycles. The van der Waals surface area contributed by atoms with Crippen molar-refractivity contribution in [3.05, 3.63) is 87.8 Å². The van der Waals surface area contributed by atoms with Gasteiger partial charge in [0.05, 0.1) is 18.7 Å². The Morgan fingerprint density at radius 3 is 2.68 bits per heavy atom. The lowest BCUT2D eigenvalue weighted by Gasteiger charge is -2.43. The third-order valence-electron chi connectivity index (χ3n) is 6.53. The lowest BCUT2D eigenvalue weighted by atomic mass is 9.80. The van der Waals surface area contributed by atoms with Gasteiger partial charge in [-0.3, -0.25) is 9.69 Å². The molecule has 5 heteroatoms. The van der Waals surface area contributed by atoms with Crippen LogP contribution in [0.5, 0.6) is 5.75 Å². The molecular formula is C26H25N3O2. The standard InChI is InChI=1S/C26H25N3O2/c1-31-23-7-5-21(6-8-23)24-9-10-25(30)29-16-20-12-22(26(24)29)17-28(15-20)14-19-4-2-3-18(11-19)13-27/h2-11,20,22H,12,14-17H2,1H3/t20-,22+/m0/s1. The third-order valence-corrected chi connectivity index (χ3v) is 6.53. The van der Waals surface area contributed by atoms with Crippen molar-refractivity contribution in [2.75, 3.05) is 20.2 Å². The van der Waals surface area contributed by atoms with E-state index in [9.17, 15) is 10.1 Å². The zero-order chi connectivity index (χ0) is 21.4. The van der Waals surface area contributed by atoms with Gasteiger partial charge in [0.1, 0.15) is 5.75 Å². The smallest absolute Gasteiger partial charge is 0.250 e. The number of benzene rings is 2. The van der Waals surface area contributed by atoms with Gasteiger partial charge in [0.15, 0.2) is 0 Å². The minimum Gasteiger partial charge on any atom is -0.497 e. The van der Waals surface area contributed by atoms with E-state index in [-0.39, 0.29) is 5.56 Å². The molecule has 1 saturated heterocycles. The molecule has 0 unspecified atom stereocenters. The predicted octanol–water partition coefficient (Wildman–Crippen LogP) is 4.01. The van der Waals surface area contributed by atoms with Crippen molar-refractivity contribution in [3.8, 4) is 22.9 Å². The fourth-order valence-electron chi connectivity index (χ4n) is 5.26. The van der Waals surface area contributed by atoms with Crippen molar-refractivity contribution in [1.82, 2.24) is 9.47 Å². The van der Waals surface area contributed by atoms with E-state index in [0.29, 0.717) is 17.4 Å². The maximum Gasteiger partial charge on any atom is 0.250 e. The number of aromatic nitrogens is 1. The summed E-state index contributed by atoms with van der Waals surface area (Å²) in [6, 6.07) is 21.9. The molecule has 2 bridgehead atoms. The maximum atomic E-state index is 12.7. The zero-order valence-corrected chi connectivity index (χ0v) is 17.6. The highest BCUT2D eigenvalue weighted by atomic mass is 16.5. The molecule has 1 fully saturated rings. The molecule has 5 nitrogen and oxygen atoms in total. The van der Waals surface area contributed by atoms with Crippen molar-refractivity contribution >= 4 is 0 Å². The molecular weight excluding hydrogens is 386 g/mol. The van der Waals surface area contributed by atoms with Gasteiger partial charge in [-0.25, -0.2) is 0 Å². The van der Waals surface area contributed by atoms with E-state index in [1.54, 1.807) is 13.2 Å². The average molecular weight is 412 g/mol. The predicted molar refractivity (Wildman–Crippen MR) is 120 cm³/mol. The lowest BCUT2D eigenvalue weighted by molar-refractivity contribution is 0.115. The Hall–Kier alpha value is -3.36. The first-order valence-corrected chi connectivity index (χ1v) is 10.7. The number of likely N-dealkylation sites (tertiary alicyclic amines) is 1. The van der Waals surface area contributed by atoms with Crippen LogP contribution in [0.4, 0.5) is 0 Å². The number of ether oxygens (including phenoxy) is 1. The lowest BCUT2D eigenvalue weighted by Crippen LogP contribution is -2.47. The second kappa shape index (κ2) is 8.05. The third kappa shape index (κ3) is 3.75. The van der Waals surface area contributed by atoms with Gasteiger partial charge >= 0.3 is 0 Å². The van der Waals surface area contributed by atoms with Crippen LogP contribution in [0.15, 0.2) is 65.5 Å². The molecule has 156 valence electrons. The quantitative estimate of drug-likeness (QED) is 0.651. The summed E-state index contributed by atoms with van der Waals surface area (Å²) in [6.07, 6.45) is 1.11. The van der Waals surface area contributed by atoms with E-state index in [0.717, 1.165) is 55.2 Å². The van der Waals surface area contributed by atoms with Crippen LogP contribution >= 0.6 is 0 Å². The minimum absolute atomic E-state index is 0.0946. The largest absolute Gasteiger partial charge is 0.497 e. The van der Waals surface area contributed by atoms with Gasteiger partial charge < -0.3 is 9.30 Å². The van der Waals surface area contributed by atoms with E-state index in [1.807, 2.05) is 41.0 Å². The molecule has 5 rings (SSSR count). The van der Waals surface area contributed by atoms with Gasteiger partial charge in [0.25, 0.3) is 5.56 Å². The molecule has 3 aromatic rings. The van der Waals surface area contributed by atoms with Crippen LogP contribution in [-0.4, -0.2) is 29.7 Å². The molecule has 0 amide bonds. The number of rotatable bonds is 4. The van der Waals surface area contributed by atoms with Gasteiger partial charge in [-0.05, 0) is 53.8 Å². The molecule has 1 aromatic heterocycles. The second-order valence-electron chi connectivity index (χ2n) is 8.61. The zero-order valence-electron chi connectivity index (χ0n) is 17.6. The van der Waals surface area contributed by atoms with Gasteiger partial charge in [0, 0.05) is 49.4 Å². The van der Waals surface area contributed by atoms with Crippen molar-refractivity contribution < 1.29 is 4.74 Å². The van der Waals surface area contributed by atoms with Crippen LogP contribution in [0.3, 0.4) is 0 Å². The highest BCUT2D eigenvalue weighted by Gasteiger charge is 2.36. The molecule has 2 aromatic carbocycles. The van der Waals surface area contributed by atoms with E-state index >= 15 is 0 Å². The van der Waals surface area contributed by atoms with Gasteiger partial charge in [-0.2, -0.15) is 5.26 Å².